The van der Waals surface area contributed by atoms with E-state index in [-0.39, 0.29) is 0 Å². The fourth-order valence-corrected chi connectivity index (χ4v) is 1.39. The van der Waals surface area contributed by atoms with Gasteiger partial charge in [0.15, 0.2) is 0 Å². The van der Waals surface area contributed by atoms with Crippen molar-refractivity contribution in [1.82, 2.24) is 10.3 Å². The molecule has 1 rings (SSSR count). The monoisotopic (exact) mass is 192 g/mol. The van der Waals surface area contributed by atoms with Gasteiger partial charge in [0.2, 0.25) is 0 Å². The lowest BCUT2D eigenvalue weighted by Gasteiger charge is -2.07. The summed E-state index contributed by atoms with van der Waals surface area (Å²) in [6.07, 6.45) is 7.41. The summed E-state index contributed by atoms with van der Waals surface area (Å²) in [6, 6.07) is 4.75. The van der Waals surface area contributed by atoms with Crippen LogP contribution in [0.3, 0.4) is 0 Å². The van der Waals surface area contributed by atoms with Gasteiger partial charge in [0.05, 0.1) is 0 Å². The fraction of sp³-hybridized carbons (Fsp3) is 0.583. The maximum absolute atomic E-state index is 4.10. The van der Waals surface area contributed by atoms with Crippen LogP contribution in [0.2, 0.25) is 0 Å². The number of nitrogens with one attached hydrogen (secondary N) is 1. The van der Waals surface area contributed by atoms with Gasteiger partial charge in [-0.2, -0.15) is 0 Å². The van der Waals surface area contributed by atoms with Gasteiger partial charge in [-0.25, -0.2) is 0 Å². The molecule has 14 heavy (non-hydrogen) atoms. The SMILES string of the molecule is CC(C)NCCCCc1cccnc1. The van der Waals surface area contributed by atoms with Crippen LogP contribution in [0.1, 0.15) is 32.3 Å². The van der Waals surface area contributed by atoms with Crippen LogP contribution >= 0.6 is 0 Å². The van der Waals surface area contributed by atoms with Crippen molar-refractivity contribution in [2.45, 2.75) is 39.2 Å². The number of pyridine rings is 1. The summed E-state index contributed by atoms with van der Waals surface area (Å²) in [5.41, 5.74) is 1.34. The molecule has 2 heteroatoms. The van der Waals surface area contributed by atoms with Crippen molar-refractivity contribution in [1.29, 1.82) is 0 Å². The second kappa shape index (κ2) is 6.55. The third-order valence-corrected chi connectivity index (χ3v) is 2.17. The first-order valence-electron chi connectivity index (χ1n) is 5.41. The zero-order valence-electron chi connectivity index (χ0n) is 9.16. The molecule has 0 fully saturated rings. The summed E-state index contributed by atoms with van der Waals surface area (Å²) < 4.78 is 0. The Labute approximate surface area is 86.8 Å². The van der Waals surface area contributed by atoms with Gasteiger partial charge >= 0.3 is 0 Å². The van der Waals surface area contributed by atoms with E-state index in [1.54, 1.807) is 0 Å². The Morgan fingerprint density at radius 3 is 2.86 bits per heavy atom. The van der Waals surface area contributed by atoms with Crippen molar-refractivity contribution in [2.75, 3.05) is 6.54 Å². The molecule has 1 aromatic rings. The number of aromatic nitrogens is 1. The molecule has 2 nitrogen and oxygen atoms in total. The van der Waals surface area contributed by atoms with Gasteiger partial charge in [0, 0.05) is 18.4 Å². The van der Waals surface area contributed by atoms with Crippen LogP contribution in [-0.2, 0) is 6.42 Å². The maximum Gasteiger partial charge on any atom is 0.0299 e. The minimum Gasteiger partial charge on any atom is -0.315 e. The van der Waals surface area contributed by atoms with E-state index in [1.165, 1.54) is 18.4 Å². The highest BCUT2D eigenvalue weighted by molar-refractivity contribution is 5.08. The van der Waals surface area contributed by atoms with E-state index in [0.717, 1.165) is 13.0 Å². The van der Waals surface area contributed by atoms with Crippen LogP contribution in [0, 0.1) is 0 Å². The zero-order valence-corrected chi connectivity index (χ0v) is 9.16. The zero-order chi connectivity index (χ0) is 10.2. The summed E-state index contributed by atoms with van der Waals surface area (Å²) in [7, 11) is 0. The molecule has 0 atom stereocenters. The fourth-order valence-electron chi connectivity index (χ4n) is 1.39. The predicted molar refractivity (Wildman–Crippen MR) is 60.3 cm³/mol. The second-order valence-corrected chi connectivity index (χ2v) is 3.93. The molecule has 78 valence electrons. The lowest BCUT2D eigenvalue weighted by molar-refractivity contribution is 0.557. The van der Waals surface area contributed by atoms with Gasteiger partial charge in [0.25, 0.3) is 0 Å². The molecule has 0 saturated carbocycles. The summed E-state index contributed by atoms with van der Waals surface area (Å²) in [6.45, 7) is 5.49. The van der Waals surface area contributed by atoms with E-state index in [2.05, 4.69) is 30.2 Å². The van der Waals surface area contributed by atoms with Crippen molar-refractivity contribution < 1.29 is 0 Å². The molecule has 0 radical (unpaired) electrons. The van der Waals surface area contributed by atoms with Gasteiger partial charge in [-0.1, -0.05) is 19.9 Å². The van der Waals surface area contributed by atoms with E-state index in [1.807, 2.05) is 18.5 Å². The highest BCUT2D eigenvalue weighted by atomic mass is 14.9. The molecule has 0 aromatic carbocycles. The van der Waals surface area contributed by atoms with E-state index in [0.29, 0.717) is 6.04 Å². The normalized spacial score (nSPS) is 10.8. The molecule has 0 bridgehead atoms. The smallest absolute Gasteiger partial charge is 0.0299 e. The summed E-state index contributed by atoms with van der Waals surface area (Å²) >= 11 is 0. The molecule has 0 aliphatic carbocycles. The first-order valence-corrected chi connectivity index (χ1v) is 5.41. The molecule has 0 amide bonds. The predicted octanol–water partition coefficient (Wildman–Crippen LogP) is 2.40. The van der Waals surface area contributed by atoms with Crippen molar-refractivity contribution in [3.05, 3.63) is 30.1 Å². The second-order valence-electron chi connectivity index (χ2n) is 3.93. The molecule has 0 spiro atoms. The Hall–Kier alpha value is -0.890. The van der Waals surface area contributed by atoms with Crippen LogP contribution in [0.15, 0.2) is 24.5 Å². The average Bonchev–Trinajstić information content (AvgIpc) is 2.18. The molecule has 0 unspecified atom stereocenters. The van der Waals surface area contributed by atoms with Gasteiger partial charge in [-0.15, -0.1) is 0 Å². The Balaban J connectivity index is 2.05. The number of rotatable bonds is 6. The highest BCUT2D eigenvalue weighted by Gasteiger charge is 1.94. The van der Waals surface area contributed by atoms with E-state index >= 15 is 0 Å². The minimum absolute atomic E-state index is 0.605. The van der Waals surface area contributed by atoms with Crippen molar-refractivity contribution >= 4 is 0 Å². The van der Waals surface area contributed by atoms with E-state index < -0.39 is 0 Å². The third-order valence-electron chi connectivity index (χ3n) is 2.17. The van der Waals surface area contributed by atoms with Crippen molar-refractivity contribution in [2.24, 2.45) is 0 Å². The number of nitrogens with zero attached hydrogens (tertiary/aromatic N) is 1. The molecule has 0 aliphatic heterocycles. The van der Waals surface area contributed by atoms with Crippen LogP contribution < -0.4 is 5.32 Å². The third kappa shape index (κ3) is 4.97. The molecule has 0 aliphatic rings. The topological polar surface area (TPSA) is 24.9 Å². The van der Waals surface area contributed by atoms with Crippen LogP contribution in [0.4, 0.5) is 0 Å². The molecule has 1 aromatic heterocycles. The Kier molecular flexibility index (Phi) is 5.23. The van der Waals surface area contributed by atoms with Gasteiger partial charge < -0.3 is 5.32 Å². The van der Waals surface area contributed by atoms with E-state index in [4.69, 9.17) is 0 Å². The summed E-state index contributed by atoms with van der Waals surface area (Å²) in [5.74, 6) is 0. The van der Waals surface area contributed by atoms with Crippen LogP contribution in [0.25, 0.3) is 0 Å². The molecular formula is C12H20N2. The quantitative estimate of drug-likeness (QED) is 0.700. The lowest BCUT2D eigenvalue weighted by Crippen LogP contribution is -2.23. The maximum atomic E-state index is 4.10. The van der Waals surface area contributed by atoms with Crippen molar-refractivity contribution in [3.63, 3.8) is 0 Å². The summed E-state index contributed by atoms with van der Waals surface area (Å²) in [4.78, 5) is 4.10. The molecule has 1 heterocycles. The first-order chi connectivity index (χ1) is 6.79. The van der Waals surface area contributed by atoms with Gasteiger partial charge in [-0.3, -0.25) is 4.98 Å². The highest BCUT2D eigenvalue weighted by Crippen LogP contribution is 2.02. The number of hydrogen-bond acceptors (Lipinski definition) is 2. The van der Waals surface area contributed by atoms with Crippen LogP contribution in [-0.4, -0.2) is 17.6 Å². The first kappa shape index (κ1) is 11.2. The average molecular weight is 192 g/mol. The Bertz CT molecular complexity index is 231. The molecule has 0 saturated heterocycles. The van der Waals surface area contributed by atoms with E-state index in [9.17, 15) is 0 Å². The minimum atomic E-state index is 0.605. The number of unbranched alkanes of at least 4 members (excludes halogenated alkanes) is 1. The van der Waals surface area contributed by atoms with Gasteiger partial charge in [0.1, 0.15) is 0 Å². The number of aryl methyl sites for hydroxylation is 1. The summed E-state index contributed by atoms with van der Waals surface area (Å²) in [5, 5.41) is 3.42. The Morgan fingerprint density at radius 1 is 1.36 bits per heavy atom. The standard InChI is InChI=1S/C12H20N2/c1-11(2)14-9-4-3-6-12-7-5-8-13-10-12/h5,7-8,10-11,14H,3-4,6,9H2,1-2H3. The lowest BCUT2D eigenvalue weighted by atomic mass is 10.1. The van der Waals surface area contributed by atoms with Gasteiger partial charge in [-0.05, 0) is 37.4 Å². The van der Waals surface area contributed by atoms with Crippen molar-refractivity contribution in [3.8, 4) is 0 Å². The van der Waals surface area contributed by atoms with Crippen LogP contribution in [0.5, 0.6) is 0 Å². The molecular weight excluding hydrogens is 172 g/mol. The Morgan fingerprint density at radius 2 is 2.21 bits per heavy atom. The largest absolute Gasteiger partial charge is 0.315 e. The number of hydrogen-bond donors (Lipinski definition) is 1. The molecule has 1 N–H and O–H groups in total.